The van der Waals surface area contributed by atoms with Crippen molar-refractivity contribution in [3.8, 4) is 0 Å². The van der Waals surface area contributed by atoms with Gasteiger partial charge in [0.25, 0.3) is 11.9 Å². The zero-order valence-corrected chi connectivity index (χ0v) is 19.9. The third-order valence-corrected chi connectivity index (χ3v) is 6.00. The predicted molar refractivity (Wildman–Crippen MR) is 140 cm³/mol. The molecule has 0 saturated carbocycles. The summed E-state index contributed by atoms with van der Waals surface area (Å²) in [7, 11) is 0. The lowest BCUT2D eigenvalue weighted by Crippen LogP contribution is -2.36. The molecule has 10 heteroatoms. The van der Waals surface area contributed by atoms with Crippen LogP contribution in [0.1, 0.15) is 16.7 Å². The van der Waals surface area contributed by atoms with Gasteiger partial charge in [-0.15, -0.1) is 0 Å². The average molecular weight is 501 g/mol. The van der Waals surface area contributed by atoms with Gasteiger partial charge < -0.3 is 25.4 Å². The molecule has 0 bridgehead atoms. The highest BCUT2D eigenvalue weighted by atomic mass is 19.1. The predicted octanol–water partition coefficient (Wildman–Crippen LogP) is 3.13. The highest BCUT2D eigenvalue weighted by molar-refractivity contribution is 6.19. The minimum Gasteiger partial charge on any atom is -0.407 e. The van der Waals surface area contributed by atoms with Crippen molar-refractivity contribution >= 4 is 34.9 Å². The molecule has 4 N–H and O–H groups in total. The molecule has 2 heterocycles. The summed E-state index contributed by atoms with van der Waals surface area (Å²) in [5, 5.41) is 11.0. The van der Waals surface area contributed by atoms with Gasteiger partial charge in [-0.2, -0.15) is 4.99 Å². The van der Waals surface area contributed by atoms with Crippen molar-refractivity contribution in [1.82, 2.24) is 0 Å². The van der Waals surface area contributed by atoms with Gasteiger partial charge in [0.1, 0.15) is 5.82 Å². The summed E-state index contributed by atoms with van der Waals surface area (Å²) in [6.07, 6.45) is -1.27. The highest BCUT2D eigenvalue weighted by Crippen LogP contribution is 2.25. The van der Waals surface area contributed by atoms with E-state index in [1.807, 2.05) is 53.4 Å². The van der Waals surface area contributed by atoms with Crippen molar-refractivity contribution in [2.75, 3.05) is 36.5 Å². The van der Waals surface area contributed by atoms with Crippen LogP contribution in [0.3, 0.4) is 0 Å². The summed E-state index contributed by atoms with van der Waals surface area (Å²) in [4.78, 5) is 23.6. The maximum Gasteiger partial charge on any atom is 0.291 e. The number of fused-ring (bicyclic) bond motifs is 1. The van der Waals surface area contributed by atoms with E-state index in [4.69, 9.17) is 20.6 Å². The van der Waals surface area contributed by atoms with Crippen LogP contribution in [-0.2, 0) is 14.3 Å². The van der Waals surface area contributed by atoms with E-state index in [9.17, 15) is 9.18 Å². The summed E-state index contributed by atoms with van der Waals surface area (Å²) < 4.78 is 25.5. The second kappa shape index (κ2) is 10.6. The van der Waals surface area contributed by atoms with Crippen molar-refractivity contribution < 1.29 is 18.7 Å². The Morgan fingerprint density at radius 3 is 2.59 bits per heavy atom. The van der Waals surface area contributed by atoms with Gasteiger partial charge in [-0.3, -0.25) is 10.2 Å². The highest BCUT2D eigenvalue weighted by Gasteiger charge is 2.26. The molecule has 1 amide bonds. The van der Waals surface area contributed by atoms with Gasteiger partial charge in [-0.25, -0.2) is 9.38 Å². The fourth-order valence-corrected chi connectivity index (χ4v) is 4.17. The number of aliphatic imine (C=N–C) groups is 2. The van der Waals surface area contributed by atoms with E-state index >= 15 is 0 Å². The molecule has 1 saturated heterocycles. The third kappa shape index (κ3) is 5.34. The van der Waals surface area contributed by atoms with Gasteiger partial charge >= 0.3 is 0 Å². The number of hydrogen-bond donors (Lipinski definition) is 3. The molecule has 188 valence electrons. The Kier molecular flexibility index (Phi) is 6.91. The van der Waals surface area contributed by atoms with E-state index in [0.717, 1.165) is 11.1 Å². The van der Waals surface area contributed by atoms with Crippen LogP contribution in [0.15, 0.2) is 82.8 Å². The summed E-state index contributed by atoms with van der Waals surface area (Å²) in [6, 6.07) is 20.7. The van der Waals surface area contributed by atoms with Crippen LogP contribution in [0.2, 0.25) is 0 Å². The number of anilines is 2. The molecule has 1 atom stereocenters. The maximum atomic E-state index is 14.8. The number of amidine groups is 1. The van der Waals surface area contributed by atoms with Gasteiger partial charge in [-0.05, 0) is 24.3 Å². The molecule has 0 aliphatic carbocycles. The molecule has 0 aromatic heterocycles. The number of amides is 1. The Morgan fingerprint density at radius 2 is 1.84 bits per heavy atom. The van der Waals surface area contributed by atoms with Crippen LogP contribution < -0.4 is 16.0 Å². The Labute approximate surface area is 212 Å². The minimum atomic E-state index is -1.27. The van der Waals surface area contributed by atoms with Crippen LogP contribution in [0.5, 0.6) is 0 Å². The minimum absolute atomic E-state index is 0.0821. The maximum absolute atomic E-state index is 14.8. The van der Waals surface area contributed by atoms with Crippen LogP contribution in [0.4, 0.5) is 15.8 Å². The van der Waals surface area contributed by atoms with Crippen molar-refractivity contribution in [3.05, 3.63) is 95.3 Å². The Hall–Kier alpha value is -4.57. The number of ether oxygens (including phenoxy) is 2. The number of morpholine rings is 1. The second-order valence-corrected chi connectivity index (χ2v) is 8.41. The van der Waals surface area contributed by atoms with Gasteiger partial charge in [0.2, 0.25) is 12.1 Å². The first-order chi connectivity index (χ1) is 18.0. The van der Waals surface area contributed by atoms with E-state index in [-0.39, 0.29) is 5.56 Å². The average Bonchev–Trinajstić information content (AvgIpc) is 3.05. The molecule has 0 spiro atoms. The van der Waals surface area contributed by atoms with E-state index in [1.165, 1.54) is 12.1 Å². The zero-order chi connectivity index (χ0) is 25.8. The number of nitrogens with one attached hydrogen (secondary N) is 2. The second-order valence-electron chi connectivity index (χ2n) is 8.41. The number of carbonyl (C=O) groups excluding carboxylic acids is 1. The lowest BCUT2D eigenvalue weighted by atomic mass is 10.0. The first kappa shape index (κ1) is 24.1. The summed E-state index contributed by atoms with van der Waals surface area (Å²) in [5.41, 5.74) is 9.21. The van der Waals surface area contributed by atoms with Crippen LogP contribution in [-0.4, -0.2) is 56.0 Å². The molecule has 5 rings (SSSR count). The van der Waals surface area contributed by atoms with Crippen molar-refractivity contribution in [2.24, 2.45) is 15.7 Å². The Bertz CT molecular complexity index is 1390. The lowest BCUT2D eigenvalue weighted by molar-refractivity contribution is -0.117. The van der Waals surface area contributed by atoms with Crippen molar-refractivity contribution in [3.63, 3.8) is 0 Å². The molecule has 37 heavy (non-hydrogen) atoms. The van der Waals surface area contributed by atoms with E-state index < -0.39 is 29.8 Å². The molecule has 2 aliphatic heterocycles. The number of halogens is 1. The van der Waals surface area contributed by atoms with Gasteiger partial charge in [-0.1, -0.05) is 48.5 Å². The number of carbonyl (C=O) groups is 1. The van der Waals surface area contributed by atoms with E-state index in [0.29, 0.717) is 43.4 Å². The van der Waals surface area contributed by atoms with Crippen LogP contribution in [0.25, 0.3) is 0 Å². The largest absolute Gasteiger partial charge is 0.407 e. The number of nitrogens with two attached hydrogens (primary N) is 1. The summed E-state index contributed by atoms with van der Waals surface area (Å²) in [5.74, 6) is -1.68. The molecule has 0 radical (unpaired) electrons. The van der Waals surface area contributed by atoms with Gasteiger partial charge in [0.05, 0.1) is 30.2 Å². The molecule has 3 aromatic rings. The fraction of sp³-hybridized carbons (Fsp3) is 0.185. The number of hydrogen-bond acceptors (Lipinski definition) is 7. The first-order valence-corrected chi connectivity index (χ1v) is 11.8. The number of para-hydroxylation sites is 1. The number of rotatable bonds is 4. The van der Waals surface area contributed by atoms with Gasteiger partial charge in [0, 0.05) is 29.9 Å². The van der Waals surface area contributed by atoms with Crippen molar-refractivity contribution in [2.45, 2.75) is 6.17 Å². The molecule has 3 aromatic carbocycles. The molecule has 0 unspecified atom stereocenters. The Balaban J connectivity index is 1.38. The van der Waals surface area contributed by atoms with Crippen LogP contribution in [0, 0.1) is 11.2 Å². The number of benzene rings is 3. The fourth-order valence-electron chi connectivity index (χ4n) is 4.17. The number of benzodiazepines with no additional fused rings is 1. The first-order valence-electron chi connectivity index (χ1n) is 11.8. The summed E-state index contributed by atoms with van der Waals surface area (Å²) >= 11 is 0. The molecular weight excluding hydrogens is 475 g/mol. The monoisotopic (exact) mass is 500 g/mol. The topological polar surface area (TPSA) is 125 Å². The molecular formula is C27H25FN6O3. The smallest absolute Gasteiger partial charge is 0.291 e. The van der Waals surface area contributed by atoms with Gasteiger partial charge in [0.15, 0.2) is 0 Å². The quantitative estimate of drug-likeness (QED) is 0.375. The third-order valence-electron chi connectivity index (χ3n) is 6.00. The van der Waals surface area contributed by atoms with E-state index in [2.05, 4.69) is 15.3 Å². The SMILES string of the molecule is N=C(OC(N)=N[C@@H]1N=C(c2ccccc2)c2ccccc2NC1=O)c1ccc(N2CCOCC2)cc1F. The summed E-state index contributed by atoms with van der Waals surface area (Å²) in [6.45, 7) is 2.46. The zero-order valence-electron chi connectivity index (χ0n) is 19.9. The number of nitrogens with zero attached hydrogens (tertiary/aromatic N) is 3. The van der Waals surface area contributed by atoms with Crippen LogP contribution >= 0.6 is 0 Å². The van der Waals surface area contributed by atoms with E-state index in [1.54, 1.807) is 12.1 Å². The molecule has 1 fully saturated rings. The van der Waals surface area contributed by atoms with Crippen molar-refractivity contribution in [1.29, 1.82) is 5.41 Å². The lowest BCUT2D eigenvalue weighted by Gasteiger charge is -2.29. The standard InChI is InChI=1S/C27H25FN6O3/c28-21-16-18(34-12-14-36-15-13-34)10-11-19(21)24(29)37-27(30)33-25-26(35)31-22-9-5-4-8-20(22)23(32-25)17-6-2-1-3-7-17/h1-11,16,25,29H,12-15H2,(H2,30,33)(H,31,35)/t25-/m0/s1. The molecule has 2 aliphatic rings. The Morgan fingerprint density at radius 1 is 1.11 bits per heavy atom. The molecule has 9 nitrogen and oxygen atoms in total. The normalized spacial score (nSPS) is 17.8.